The molecule has 10 nitrogen and oxygen atoms in total. The predicted molar refractivity (Wildman–Crippen MR) is 124 cm³/mol. The highest BCUT2D eigenvalue weighted by molar-refractivity contribution is 5.98. The van der Waals surface area contributed by atoms with E-state index in [9.17, 15) is 40.7 Å². The van der Waals surface area contributed by atoms with Gasteiger partial charge >= 0.3 is 24.3 Å². The number of carboxylic acid groups (broad SMARTS) is 2. The van der Waals surface area contributed by atoms with E-state index in [1.165, 1.54) is 6.07 Å². The van der Waals surface area contributed by atoms with Gasteiger partial charge in [0.25, 0.3) is 5.91 Å². The fraction of sp³-hybridized carbons (Fsp3) is 0.435. The Morgan fingerprint density at radius 2 is 1.49 bits per heavy atom. The number of carbonyl (C=O) groups excluding carboxylic acids is 2. The van der Waals surface area contributed by atoms with Gasteiger partial charge in [0.1, 0.15) is 11.7 Å². The van der Waals surface area contributed by atoms with Crippen LogP contribution in [0.5, 0.6) is 0 Å². The van der Waals surface area contributed by atoms with Crippen molar-refractivity contribution in [2.45, 2.75) is 44.6 Å². The van der Waals surface area contributed by atoms with Crippen LogP contribution in [0.3, 0.4) is 0 Å². The number of aromatic nitrogens is 1. The molecule has 0 bridgehead atoms. The minimum atomic E-state index is -5.08. The zero-order valence-electron chi connectivity index (χ0n) is 20.6. The van der Waals surface area contributed by atoms with E-state index in [4.69, 9.17) is 19.8 Å². The highest BCUT2D eigenvalue weighted by Crippen LogP contribution is 2.19. The van der Waals surface area contributed by atoms with Crippen molar-refractivity contribution in [2.24, 2.45) is 0 Å². The lowest BCUT2D eigenvalue weighted by Crippen LogP contribution is -2.57. The number of unbranched alkanes of at least 4 members (excludes halogenated alkanes) is 1. The quantitative estimate of drug-likeness (QED) is 0.479. The Hall–Kier alpha value is -4.11. The van der Waals surface area contributed by atoms with Gasteiger partial charge in [0, 0.05) is 37.1 Å². The summed E-state index contributed by atoms with van der Waals surface area (Å²) >= 11 is 0. The van der Waals surface area contributed by atoms with Gasteiger partial charge in [0.05, 0.1) is 0 Å². The summed E-state index contributed by atoms with van der Waals surface area (Å²) in [6.07, 6.45) is -7.69. The Morgan fingerprint density at radius 1 is 0.974 bits per heavy atom. The number of benzene rings is 1. The van der Waals surface area contributed by atoms with Gasteiger partial charge in [-0.15, -0.1) is 0 Å². The van der Waals surface area contributed by atoms with Crippen LogP contribution in [-0.2, 0) is 14.4 Å². The molecule has 1 fully saturated rings. The third kappa shape index (κ3) is 9.61. The number of carbonyl (C=O) groups is 4. The van der Waals surface area contributed by atoms with E-state index in [1.54, 1.807) is 35.0 Å². The molecular weight excluding hydrogens is 544 g/mol. The number of hydrogen-bond donors (Lipinski definition) is 3. The molecule has 1 unspecified atom stereocenters. The highest BCUT2D eigenvalue weighted by atomic mass is 19.4. The fourth-order valence-corrected chi connectivity index (χ4v) is 3.30. The van der Waals surface area contributed by atoms with E-state index in [1.807, 2.05) is 6.07 Å². The number of pyridine rings is 1. The third-order valence-electron chi connectivity index (χ3n) is 5.26. The Bertz CT molecular complexity index is 1220. The van der Waals surface area contributed by atoms with Gasteiger partial charge in [0.15, 0.2) is 5.43 Å². The molecule has 1 aliphatic heterocycles. The maximum Gasteiger partial charge on any atom is 0.490 e. The second-order valence-corrected chi connectivity index (χ2v) is 8.12. The van der Waals surface area contributed by atoms with Crippen LogP contribution in [0.4, 0.5) is 26.3 Å². The first-order chi connectivity index (χ1) is 17.9. The highest BCUT2D eigenvalue weighted by Gasteiger charge is 2.39. The third-order valence-corrected chi connectivity index (χ3v) is 5.26. The Kier molecular flexibility index (Phi) is 11.5. The van der Waals surface area contributed by atoms with Gasteiger partial charge in [-0.05, 0) is 18.6 Å². The number of halogens is 6. The van der Waals surface area contributed by atoms with E-state index in [0.29, 0.717) is 30.4 Å². The molecule has 1 aliphatic rings. The average molecular weight is 569 g/mol. The van der Waals surface area contributed by atoms with E-state index < -0.39 is 30.3 Å². The zero-order chi connectivity index (χ0) is 30.1. The van der Waals surface area contributed by atoms with Crippen molar-refractivity contribution in [1.82, 2.24) is 14.8 Å². The van der Waals surface area contributed by atoms with E-state index in [2.05, 4.69) is 11.9 Å². The number of carboxylic acids is 2. The Labute approximate surface area is 216 Å². The summed E-state index contributed by atoms with van der Waals surface area (Å²) in [7, 11) is 1.76. The Morgan fingerprint density at radius 3 is 1.97 bits per heavy atom. The number of hydrogen-bond acceptors (Lipinski definition) is 5. The summed E-state index contributed by atoms with van der Waals surface area (Å²) in [5.74, 6) is -5.83. The standard InChI is InChI=1S/C19H23N3O3.2C2HF3O2/c1-3-4-9-16-19(25)21(2)10-11-22(16)18(24)15-12-17(23)13-7-5-6-8-14(13)20-15;2*3-2(4,5)1(6)7/h5-8,12,16H,3-4,9-11H2,1-2H3,(H,20,23);2*(H,6,7). The van der Waals surface area contributed by atoms with Crippen LogP contribution in [0.1, 0.15) is 36.7 Å². The molecular formula is C23H25F6N3O7. The molecule has 0 spiro atoms. The lowest BCUT2D eigenvalue weighted by molar-refractivity contribution is -0.193. The predicted octanol–water partition coefficient (Wildman–Crippen LogP) is 3.27. The van der Waals surface area contributed by atoms with Crippen LogP contribution >= 0.6 is 0 Å². The zero-order valence-corrected chi connectivity index (χ0v) is 20.6. The number of fused-ring (bicyclic) bond motifs is 1. The second-order valence-electron chi connectivity index (χ2n) is 8.12. The van der Waals surface area contributed by atoms with Crippen molar-refractivity contribution in [3.8, 4) is 0 Å². The summed E-state index contributed by atoms with van der Waals surface area (Å²) in [5.41, 5.74) is 0.676. The molecule has 3 rings (SSSR count). The molecule has 1 aromatic carbocycles. The van der Waals surface area contributed by atoms with Crippen molar-refractivity contribution in [1.29, 1.82) is 0 Å². The number of piperazine rings is 1. The normalized spacial score (nSPS) is 15.6. The molecule has 0 saturated carbocycles. The number of nitrogens with zero attached hydrogens (tertiary/aromatic N) is 2. The van der Waals surface area contributed by atoms with Crippen molar-refractivity contribution in [3.63, 3.8) is 0 Å². The van der Waals surface area contributed by atoms with Crippen LogP contribution in [0.25, 0.3) is 10.9 Å². The minimum absolute atomic E-state index is 0.0313. The minimum Gasteiger partial charge on any atom is -0.475 e. The second kappa shape index (κ2) is 13.6. The summed E-state index contributed by atoms with van der Waals surface area (Å²) in [4.78, 5) is 61.9. The number of amides is 2. The maximum atomic E-state index is 13.0. The van der Waals surface area contributed by atoms with Crippen LogP contribution in [0.2, 0.25) is 0 Å². The van der Waals surface area contributed by atoms with Gasteiger partial charge in [0.2, 0.25) is 5.91 Å². The van der Waals surface area contributed by atoms with E-state index in [-0.39, 0.29) is 22.9 Å². The number of para-hydroxylation sites is 1. The molecule has 1 aromatic heterocycles. The SMILES string of the molecule is CCCCC1C(=O)N(C)CCN1C(=O)c1cc(=O)c2ccccc2[nH]1.O=C(O)C(F)(F)F.O=C(O)C(F)(F)F. The largest absolute Gasteiger partial charge is 0.490 e. The number of rotatable bonds is 4. The molecule has 216 valence electrons. The van der Waals surface area contributed by atoms with Crippen LogP contribution in [-0.4, -0.2) is 87.3 Å². The molecule has 0 aliphatic carbocycles. The number of H-pyrrole nitrogens is 1. The fourth-order valence-electron chi connectivity index (χ4n) is 3.30. The molecule has 2 heterocycles. The molecule has 3 N–H and O–H groups in total. The summed E-state index contributed by atoms with van der Waals surface area (Å²) in [6, 6.07) is 7.99. The molecule has 16 heteroatoms. The molecule has 39 heavy (non-hydrogen) atoms. The molecule has 1 saturated heterocycles. The van der Waals surface area contributed by atoms with Gasteiger partial charge in [-0.1, -0.05) is 31.9 Å². The topological polar surface area (TPSA) is 148 Å². The Balaban J connectivity index is 0.000000449. The number of aliphatic carboxylic acids is 2. The maximum absolute atomic E-state index is 13.0. The number of nitrogens with one attached hydrogen (secondary N) is 1. The van der Waals surface area contributed by atoms with Gasteiger partial charge in [-0.2, -0.15) is 26.3 Å². The van der Waals surface area contributed by atoms with Crippen molar-refractivity contribution >= 4 is 34.7 Å². The number of aromatic amines is 1. The summed E-state index contributed by atoms with van der Waals surface area (Å²) < 4.78 is 63.5. The number of likely N-dealkylation sites (N-methyl/N-ethyl adjacent to an activating group) is 1. The van der Waals surface area contributed by atoms with Gasteiger partial charge in [-0.3, -0.25) is 14.4 Å². The monoisotopic (exact) mass is 569 g/mol. The van der Waals surface area contributed by atoms with Gasteiger partial charge < -0.3 is 25.0 Å². The molecule has 2 aromatic rings. The van der Waals surface area contributed by atoms with Crippen LogP contribution < -0.4 is 5.43 Å². The number of alkyl halides is 6. The smallest absolute Gasteiger partial charge is 0.475 e. The summed E-state index contributed by atoms with van der Waals surface area (Å²) in [5, 5.41) is 14.8. The van der Waals surface area contributed by atoms with Crippen LogP contribution in [0, 0.1) is 0 Å². The first-order valence-electron chi connectivity index (χ1n) is 11.2. The van der Waals surface area contributed by atoms with Crippen molar-refractivity contribution in [3.05, 3.63) is 46.2 Å². The summed E-state index contributed by atoms with van der Waals surface area (Å²) in [6.45, 7) is 3.04. The van der Waals surface area contributed by atoms with Crippen molar-refractivity contribution < 1.29 is 55.7 Å². The van der Waals surface area contributed by atoms with Gasteiger partial charge in [-0.25, -0.2) is 9.59 Å². The lowest BCUT2D eigenvalue weighted by atomic mass is 10.0. The van der Waals surface area contributed by atoms with E-state index >= 15 is 0 Å². The molecule has 1 atom stereocenters. The van der Waals surface area contributed by atoms with Crippen LogP contribution in [0.15, 0.2) is 35.1 Å². The van der Waals surface area contributed by atoms with E-state index in [0.717, 1.165) is 12.8 Å². The first-order valence-corrected chi connectivity index (χ1v) is 11.2. The van der Waals surface area contributed by atoms with Crippen molar-refractivity contribution in [2.75, 3.05) is 20.1 Å². The molecule has 0 radical (unpaired) electrons. The average Bonchev–Trinajstić information content (AvgIpc) is 2.84. The first kappa shape index (κ1) is 32.9. The lowest BCUT2D eigenvalue weighted by Gasteiger charge is -2.39. The molecule has 2 amide bonds.